The molecule has 0 aliphatic carbocycles. The normalized spacial score (nSPS) is 11.1. The average Bonchev–Trinajstić information content (AvgIpc) is 2.96. The number of sulfonamides is 2. The van der Waals surface area contributed by atoms with E-state index in [1.165, 1.54) is 8.61 Å². The number of carbonyl (C=O) groups excluding carboxylic acids is 3. The highest BCUT2D eigenvalue weighted by molar-refractivity contribution is 7.89. The lowest BCUT2D eigenvalue weighted by atomic mass is 10.1. The van der Waals surface area contributed by atoms with Gasteiger partial charge in [0.1, 0.15) is 11.5 Å². The summed E-state index contributed by atoms with van der Waals surface area (Å²) in [7, 11) is -0.643. The molecule has 0 aliphatic rings. The summed E-state index contributed by atoms with van der Waals surface area (Å²) < 4.78 is 68.4. The quantitative estimate of drug-likeness (QED) is 0.185. The minimum absolute atomic E-state index is 0.250. The van der Waals surface area contributed by atoms with Crippen LogP contribution >= 0.6 is 0 Å². The molecule has 12 nitrogen and oxygen atoms in total. The largest absolute Gasteiger partial charge is 0.497 e. The second kappa shape index (κ2) is 20.7. The fourth-order valence-corrected chi connectivity index (χ4v) is 7.80. The Labute approximate surface area is 268 Å². The molecule has 0 aliphatic heterocycles. The number of rotatable bonds is 16. The molecule has 14 heteroatoms. The van der Waals surface area contributed by atoms with Crippen LogP contribution in [0.1, 0.15) is 61.3 Å². The molecule has 0 fully saturated rings. The number of benzene rings is 2. The van der Waals surface area contributed by atoms with Gasteiger partial charge in [-0.1, -0.05) is 19.8 Å². The summed E-state index contributed by atoms with van der Waals surface area (Å²) in [4.78, 5) is 27.0. The molecule has 0 unspecified atom stereocenters. The summed E-state index contributed by atoms with van der Waals surface area (Å²) >= 11 is 0. The Hall–Kier alpha value is -3.29. The second-order valence-electron chi connectivity index (χ2n) is 10.3. The van der Waals surface area contributed by atoms with Gasteiger partial charge in [0.15, 0.2) is 0 Å². The maximum absolute atomic E-state index is 12.7. The van der Waals surface area contributed by atoms with E-state index < -0.39 is 20.0 Å². The second-order valence-corrected chi connectivity index (χ2v) is 14.3. The van der Waals surface area contributed by atoms with Gasteiger partial charge in [0, 0.05) is 27.2 Å². The van der Waals surface area contributed by atoms with E-state index >= 15 is 0 Å². The number of hydrogen-bond acceptors (Lipinski definition) is 10. The van der Waals surface area contributed by atoms with Gasteiger partial charge in [0.25, 0.3) is 6.47 Å². The van der Waals surface area contributed by atoms with Crippen LogP contribution in [0, 0.1) is 27.7 Å². The molecule has 2 rings (SSSR count). The molecule has 0 bridgehead atoms. The van der Waals surface area contributed by atoms with E-state index in [0.717, 1.165) is 30.4 Å². The van der Waals surface area contributed by atoms with Crippen LogP contribution in [0.15, 0.2) is 34.1 Å². The molecule has 2 aromatic carbocycles. The van der Waals surface area contributed by atoms with E-state index in [0.29, 0.717) is 71.4 Å². The minimum atomic E-state index is -3.55. The number of ether oxygens (including phenoxy) is 3. The van der Waals surface area contributed by atoms with Gasteiger partial charge in [0.2, 0.25) is 20.0 Å². The van der Waals surface area contributed by atoms with Gasteiger partial charge in [0.05, 0.1) is 30.6 Å². The van der Waals surface area contributed by atoms with E-state index in [-0.39, 0.29) is 6.15 Å². The van der Waals surface area contributed by atoms with Crippen molar-refractivity contribution in [3.05, 3.63) is 46.5 Å². The molecule has 0 saturated heterocycles. The van der Waals surface area contributed by atoms with Gasteiger partial charge in [-0.2, -0.15) is 9.59 Å². The average molecular weight is 673 g/mol. The Morgan fingerprint density at radius 2 is 1.02 bits per heavy atom. The first-order valence-corrected chi connectivity index (χ1v) is 17.3. The summed E-state index contributed by atoms with van der Waals surface area (Å²) in [5.41, 5.74) is 2.77. The SMILES string of the molecule is CCCCCN(C)S(=O)(=O)c1c(C)cc(OC)cc1C.COc1cc(C)c(S(=O)(=O)N(C)CCCCOC=O)c(C)c1.O=C=O. The maximum atomic E-state index is 12.7. The first-order chi connectivity index (χ1) is 21.1. The van der Waals surface area contributed by atoms with Crippen LogP contribution in [0.25, 0.3) is 0 Å². The Balaban J connectivity index is 0.000000794. The van der Waals surface area contributed by atoms with Crippen molar-refractivity contribution >= 4 is 32.7 Å². The van der Waals surface area contributed by atoms with Crippen LogP contribution < -0.4 is 9.47 Å². The van der Waals surface area contributed by atoms with Crippen molar-refractivity contribution < 1.29 is 45.4 Å². The summed E-state index contributed by atoms with van der Waals surface area (Å²) in [5, 5.41) is 0. The van der Waals surface area contributed by atoms with Gasteiger partial charge in [-0.25, -0.2) is 25.4 Å². The summed E-state index contributed by atoms with van der Waals surface area (Å²) in [6.45, 7) is 10.9. The topological polar surface area (TPSA) is 154 Å². The molecule has 0 radical (unpaired) electrons. The molecular weight excluding hydrogens is 624 g/mol. The minimum Gasteiger partial charge on any atom is -0.497 e. The Kier molecular flexibility index (Phi) is 19.2. The lowest BCUT2D eigenvalue weighted by molar-refractivity contribution is -0.191. The van der Waals surface area contributed by atoms with Crippen LogP contribution in [-0.4, -0.2) is 86.1 Å². The highest BCUT2D eigenvalue weighted by Crippen LogP contribution is 2.29. The molecule has 0 aromatic heterocycles. The molecule has 0 N–H and O–H groups in total. The third-order valence-electron chi connectivity index (χ3n) is 6.81. The van der Waals surface area contributed by atoms with Crippen molar-refractivity contribution in [1.82, 2.24) is 8.61 Å². The van der Waals surface area contributed by atoms with E-state index in [4.69, 9.17) is 19.1 Å². The van der Waals surface area contributed by atoms with Gasteiger partial charge in [-0.05, 0) is 93.5 Å². The van der Waals surface area contributed by atoms with Crippen LogP contribution in [0.2, 0.25) is 0 Å². The molecule has 0 spiro atoms. The molecule has 0 atom stereocenters. The van der Waals surface area contributed by atoms with Crippen LogP contribution in [-0.2, 0) is 39.2 Å². The zero-order valence-corrected chi connectivity index (χ0v) is 29.5. The van der Waals surface area contributed by atoms with Crippen LogP contribution in [0.3, 0.4) is 0 Å². The number of hydrogen-bond donors (Lipinski definition) is 0. The molecule has 254 valence electrons. The lowest BCUT2D eigenvalue weighted by Gasteiger charge is -2.20. The van der Waals surface area contributed by atoms with Gasteiger partial charge in [-0.3, -0.25) is 4.79 Å². The summed E-state index contributed by atoms with van der Waals surface area (Å²) in [5.74, 6) is 1.33. The predicted molar refractivity (Wildman–Crippen MR) is 170 cm³/mol. The fraction of sp³-hybridized carbons (Fsp3) is 0.548. The van der Waals surface area contributed by atoms with Crippen molar-refractivity contribution in [3.8, 4) is 11.5 Å². The molecule has 0 saturated carbocycles. The summed E-state index contributed by atoms with van der Waals surface area (Å²) in [6.07, 6.45) is 4.51. The van der Waals surface area contributed by atoms with E-state index in [2.05, 4.69) is 11.7 Å². The van der Waals surface area contributed by atoms with Gasteiger partial charge >= 0.3 is 6.15 Å². The number of methoxy groups -OCH3 is 2. The number of carbonyl (C=O) groups is 1. The Morgan fingerprint density at radius 3 is 1.31 bits per heavy atom. The van der Waals surface area contributed by atoms with Crippen LogP contribution in [0.5, 0.6) is 11.5 Å². The molecule has 0 heterocycles. The molecular formula is C31H48N2O10S2. The zero-order chi connectivity index (χ0) is 34.8. The number of unbranched alkanes of at least 4 members (excludes halogenated alkanes) is 3. The van der Waals surface area contributed by atoms with Gasteiger partial charge < -0.3 is 14.2 Å². The Bertz CT molecular complexity index is 1420. The fourth-order valence-electron chi connectivity index (χ4n) is 4.58. The highest BCUT2D eigenvalue weighted by atomic mass is 32.2. The predicted octanol–water partition coefficient (Wildman–Crippen LogP) is 4.42. The van der Waals surface area contributed by atoms with Crippen molar-refractivity contribution in [3.63, 3.8) is 0 Å². The lowest BCUT2D eigenvalue weighted by Crippen LogP contribution is -2.29. The van der Waals surface area contributed by atoms with Crippen LogP contribution in [0.4, 0.5) is 0 Å². The molecule has 2 aromatic rings. The first kappa shape index (κ1) is 41.7. The van der Waals surface area contributed by atoms with Crippen molar-refractivity contribution in [1.29, 1.82) is 0 Å². The van der Waals surface area contributed by atoms with E-state index in [9.17, 15) is 21.6 Å². The molecule has 45 heavy (non-hydrogen) atoms. The van der Waals surface area contributed by atoms with E-state index in [1.807, 2.05) is 13.8 Å². The number of nitrogens with zero attached hydrogens (tertiary/aromatic N) is 2. The third-order valence-corrected chi connectivity index (χ3v) is 11.1. The standard InChI is InChI=1S/C15H23NO5S.C15H25NO3S.CO2/c1-12-9-14(20-4)10-13(2)15(12)22(18,19)16(3)7-5-6-8-21-11-17;1-6-7-8-9-16(4)20(17,18)15-12(2)10-14(19-5)11-13(15)3;2-1-3/h9-11H,5-8H2,1-4H3;10-11H,6-9H2,1-5H3;. The number of aryl methyl sites for hydroxylation is 4. The maximum Gasteiger partial charge on any atom is 0.373 e. The highest BCUT2D eigenvalue weighted by Gasteiger charge is 2.26. The zero-order valence-electron chi connectivity index (χ0n) is 27.8. The monoisotopic (exact) mass is 672 g/mol. The van der Waals surface area contributed by atoms with Crippen molar-refractivity contribution in [2.75, 3.05) is 48.0 Å². The van der Waals surface area contributed by atoms with E-state index in [1.54, 1.807) is 66.4 Å². The van der Waals surface area contributed by atoms with Crippen molar-refractivity contribution in [2.24, 2.45) is 0 Å². The Morgan fingerprint density at radius 1 is 0.689 bits per heavy atom. The van der Waals surface area contributed by atoms with Gasteiger partial charge in [-0.15, -0.1) is 0 Å². The summed E-state index contributed by atoms with van der Waals surface area (Å²) in [6, 6.07) is 6.96. The van der Waals surface area contributed by atoms with Crippen molar-refractivity contribution in [2.45, 2.75) is 76.5 Å². The third kappa shape index (κ3) is 12.9. The molecule has 0 amide bonds. The smallest absolute Gasteiger partial charge is 0.373 e. The first-order valence-electron chi connectivity index (χ1n) is 14.4.